The van der Waals surface area contributed by atoms with Crippen molar-refractivity contribution < 1.29 is 14.6 Å². The minimum atomic E-state index is -0.0235. The highest BCUT2D eigenvalue weighted by atomic mass is 16.5. The van der Waals surface area contributed by atoms with Gasteiger partial charge in [0, 0.05) is 6.04 Å². The molecule has 0 aliphatic carbocycles. The number of hydrogen-bond acceptors (Lipinski definition) is 4. The largest absolute Gasteiger partial charge is 0.493 e. The zero-order chi connectivity index (χ0) is 14.5. The third-order valence-corrected chi connectivity index (χ3v) is 3.09. The first kappa shape index (κ1) is 14.4. The van der Waals surface area contributed by atoms with E-state index < -0.39 is 0 Å². The molecule has 0 amide bonds. The van der Waals surface area contributed by atoms with Crippen molar-refractivity contribution in [3.8, 4) is 11.5 Å². The Kier molecular flexibility index (Phi) is 4.63. The van der Waals surface area contributed by atoms with Crippen LogP contribution >= 0.6 is 0 Å². The van der Waals surface area contributed by atoms with Crippen LogP contribution in [0.15, 0.2) is 30.7 Å². The number of nitrogens with zero attached hydrogens (tertiary/aromatic N) is 2. The molecule has 0 aliphatic rings. The lowest BCUT2D eigenvalue weighted by molar-refractivity contribution is 0.266. The van der Waals surface area contributed by atoms with E-state index in [0.717, 1.165) is 11.3 Å². The molecular weight excluding hydrogens is 256 g/mol. The van der Waals surface area contributed by atoms with Crippen LogP contribution < -0.4 is 9.47 Å². The molecule has 0 atom stereocenters. The fourth-order valence-corrected chi connectivity index (χ4v) is 1.99. The van der Waals surface area contributed by atoms with E-state index in [1.54, 1.807) is 31.8 Å². The van der Waals surface area contributed by atoms with E-state index in [4.69, 9.17) is 9.47 Å². The van der Waals surface area contributed by atoms with Gasteiger partial charge in [0.05, 0.1) is 31.9 Å². The van der Waals surface area contributed by atoms with Gasteiger partial charge in [-0.25, -0.2) is 4.98 Å². The maximum Gasteiger partial charge on any atom is 0.162 e. The number of ether oxygens (including phenoxy) is 2. The summed E-state index contributed by atoms with van der Waals surface area (Å²) in [4.78, 5) is 4.14. The zero-order valence-corrected chi connectivity index (χ0v) is 12.0. The fourth-order valence-electron chi connectivity index (χ4n) is 1.99. The van der Waals surface area contributed by atoms with Crippen molar-refractivity contribution >= 4 is 0 Å². The summed E-state index contributed by atoms with van der Waals surface area (Å²) in [7, 11) is 1.60. The van der Waals surface area contributed by atoms with E-state index in [9.17, 15) is 5.11 Å². The summed E-state index contributed by atoms with van der Waals surface area (Å²) < 4.78 is 13.1. The summed E-state index contributed by atoms with van der Waals surface area (Å²) in [6.45, 7) is 4.57. The maximum atomic E-state index is 9.18. The molecule has 1 aromatic carbocycles. The van der Waals surface area contributed by atoms with Crippen LogP contribution in [-0.4, -0.2) is 21.8 Å². The molecule has 0 spiro atoms. The van der Waals surface area contributed by atoms with Gasteiger partial charge in [0.1, 0.15) is 6.61 Å². The molecule has 0 saturated heterocycles. The molecule has 1 heterocycles. The van der Waals surface area contributed by atoms with Crippen molar-refractivity contribution in [2.75, 3.05) is 7.11 Å². The van der Waals surface area contributed by atoms with Crippen molar-refractivity contribution in [3.05, 3.63) is 42.0 Å². The number of rotatable bonds is 6. The standard InChI is InChI=1S/C15H20N2O3/c1-11(2)17-10-16-7-13(17)9-20-15-6-12(8-18)4-5-14(15)19-3/h4-7,10-11,18H,8-9H2,1-3H3. The molecule has 0 radical (unpaired) electrons. The Labute approximate surface area is 118 Å². The minimum absolute atomic E-state index is 0.0235. The first-order chi connectivity index (χ1) is 9.65. The number of hydrogen-bond donors (Lipinski definition) is 1. The van der Waals surface area contributed by atoms with Gasteiger partial charge in [-0.15, -0.1) is 0 Å². The van der Waals surface area contributed by atoms with Gasteiger partial charge >= 0.3 is 0 Å². The van der Waals surface area contributed by atoms with Gasteiger partial charge in [-0.1, -0.05) is 6.07 Å². The topological polar surface area (TPSA) is 56.5 Å². The van der Waals surface area contributed by atoms with Crippen LogP contribution in [0, 0.1) is 0 Å². The highest BCUT2D eigenvalue weighted by Crippen LogP contribution is 2.29. The zero-order valence-electron chi connectivity index (χ0n) is 12.0. The normalized spacial score (nSPS) is 10.8. The molecule has 0 aliphatic heterocycles. The van der Waals surface area contributed by atoms with Gasteiger partial charge in [-0.3, -0.25) is 0 Å². The number of methoxy groups -OCH3 is 1. The molecule has 5 nitrogen and oxygen atoms in total. The van der Waals surface area contributed by atoms with E-state index in [2.05, 4.69) is 23.4 Å². The Morgan fingerprint density at radius 2 is 2.10 bits per heavy atom. The average molecular weight is 276 g/mol. The minimum Gasteiger partial charge on any atom is -0.493 e. The molecule has 2 rings (SSSR count). The Morgan fingerprint density at radius 1 is 1.30 bits per heavy atom. The first-order valence-corrected chi connectivity index (χ1v) is 6.57. The second-order valence-electron chi connectivity index (χ2n) is 4.82. The molecule has 2 aromatic rings. The van der Waals surface area contributed by atoms with E-state index in [1.807, 2.05) is 6.07 Å². The van der Waals surface area contributed by atoms with Gasteiger partial charge < -0.3 is 19.1 Å². The van der Waals surface area contributed by atoms with E-state index in [0.29, 0.717) is 24.1 Å². The van der Waals surface area contributed by atoms with Crippen LogP contribution in [0.25, 0.3) is 0 Å². The third-order valence-electron chi connectivity index (χ3n) is 3.09. The molecule has 0 saturated carbocycles. The first-order valence-electron chi connectivity index (χ1n) is 6.57. The molecule has 0 bridgehead atoms. The summed E-state index contributed by atoms with van der Waals surface area (Å²) in [5, 5.41) is 9.18. The van der Waals surface area contributed by atoms with Crippen LogP contribution in [0.1, 0.15) is 31.1 Å². The Morgan fingerprint density at radius 3 is 2.75 bits per heavy atom. The number of benzene rings is 1. The quantitative estimate of drug-likeness (QED) is 0.881. The molecule has 20 heavy (non-hydrogen) atoms. The van der Waals surface area contributed by atoms with Gasteiger partial charge in [-0.05, 0) is 31.5 Å². The molecule has 0 fully saturated rings. The highest BCUT2D eigenvalue weighted by Gasteiger charge is 2.09. The van der Waals surface area contributed by atoms with Crippen molar-refractivity contribution in [2.24, 2.45) is 0 Å². The number of aliphatic hydroxyl groups excluding tert-OH is 1. The Bertz CT molecular complexity index is 564. The molecular formula is C15H20N2O3. The van der Waals surface area contributed by atoms with Crippen LogP contribution in [0.5, 0.6) is 11.5 Å². The summed E-state index contributed by atoms with van der Waals surface area (Å²) in [5.74, 6) is 1.27. The molecule has 1 aromatic heterocycles. The Hall–Kier alpha value is -2.01. The Balaban J connectivity index is 2.15. The molecule has 0 unspecified atom stereocenters. The lowest BCUT2D eigenvalue weighted by Crippen LogP contribution is -2.07. The summed E-state index contributed by atoms with van der Waals surface area (Å²) in [6.07, 6.45) is 3.59. The lowest BCUT2D eigenvalue weighted by Gasteiger charge is -2.14. The van der Waals surface area contributed by atoms with Crippen LogP contribution in [0.2, 0.25) is 0 Å². The molecule has 1 N–H and O–H groups in total. The highest BCUT2D eigenvalue weighted by molar-refractivity contribution is 5.42. The maximum absolute atomic E-state index is 9.18. The third kappa shape index (κ3) is 3.11. The fraction of sp³-hybridized carbons (Fsp3) is 0.400. The van der Waals surface area contributed by atoms with Crippen LogP contribution in [0.4, 0.5) is 0 Å². The summed E-state index contributed by atoms with van der Waals surface area (Å²) >= 11 is 0. The monoisotopic (exact) mass is 276 g/mol. The second kappa shape index (κ2) is 6.43. The van der Waals surface area contributed by atoms with E-state index in [-0.39, 0.29) is 6.61 Å². The van der Waals surface area contributed by atoms with Crippen molar-refractivity contribution in [1.29, 1.82) is 0 Å². The van der Waals surface area contributed by atoms with Crippen LogP contribution in [0.3, 0.4) is 0 Å². The lowest BCUT2D eigenvalue weighted by atomic mass is 10.2. The summed E-state index contributed by atoms with van der Waals surface area (Å²) in [5.41, 5.74) is 1.79. The van der Waals surface area contributed by atoms with E-state index >= 15 is 0 Å². The van der Waals surface area contributed by atoms with Crippen molar-refractivity contribution in [3.63, 3.8) is 0 Å². The second-order valence-corrected chi connectivity index (χ2v) is 4.82. The van der Waals surface area contributed by atoms with Gasteiger partial charge in [0.2, 0.25) is 0 Å². The van der Waals surface area contributed by atoms with Crippen LogP contribution in [-0.2, 0) is 13.2 Å². The smallest absolute Gasteiger partial charge is 0.162 e. The predicted molar refractivity (Wildman–Crippen MR) is 75.9 cm³/mol. The van der Waals surface area contributed by atoms with Crippen molar-refractivity contribution in [2.45, 2.75) is 33.1 Å². The number of aromatic nitrogens is 2. The number of imidazole rings is 1. The predicted octanol–water partition coefficient (Wildman–Crippen LogP) is 2.54. The number of aliphatic hydroxyl groups is 1. The molecule has 108 valence electrons. The van der Waals surface area contributed by atoms with Crippen molar-refractivity contribution in [1.82, 2.24) is 9.55 Å². The SMILES string of the molecule is COc1ccc(CO)cc1OCc1cncn1C(C)C. The van der Waals surface area contributed by atoms with Gasteiger partial charge in [-0.2, -0.15) is 0 Å². The molecule has 5 heteroatoms. The van der Waals surface area contributed by atoms with E-state index in [1.165, 1.54) is 0 Å². The van der Waals surface area contributed by atoms with Gasteiger partial charge in [0.15, 0.2) is 11.5 Å². The van der Waals surface area contributed by atoms with Gasteiger partial charge in [0.25, 0.3) is 0 Å². The average Bonchev–Trinajstić information content (AvgIpc) is 2.93. The summed E-state index contributed by atoms with van der Waals surface area (Å²) in [6, 6.07) is 5.72.